The van der Waals surface area contributed by atoms with E-state index in [-0.39, 0.29) is 29.1 Å². The van der Waals surface area contributed by atoms with E-state index in [1.165, 1.54) is 33.8 Å². The molecule has 3 aliphatic carbocycles. The van der Waals surface area contributed by atoms with Gasteiger partial charge in [0.15, 0.2) is 11.6 Å². The quantitative estimate of drug-likeness (QED) is 0.189. The van der Waals surface area contributed by atoms with Crippen LogP contribution >= 0.6 is 0 Å². The van der Waals surface area contributed by atoms with Crippen molar-refractivity contribution < 1.29 is 39.5 Å². The van der Waals surface area contributed by atoms with Crippen LogP contribution in [0.1, 0.15) is 54.4 Å². The van der Waals surface area contributed by atoms with E-state index >= 15 is 0 Å². The summed E-state index contributed by atoms with van der Waals surface area (Å²) >= 11 is 0. The second-order valence-corrected chi connectivity index (χ2v) is 11.3. The van der Waals surface area contributed by atoms with Gasteiger partial charge in [0, 0.05) is 29.4 Å². The molecule has 194 valence electrons. The minimum absolute atomic E-state index is 0.0264. The Balaban J connectivity index is 1.89. The molecule has 2 saturated heterocycles. The van der Waals surface area contributed by atoms with Crippen molar-refractivity contribution >= 4 is 11.6 Å². The maximum absolute atomic E-state index is 14.3. The highest BCUT2D eigenvalue weighted by Gasteiger charge is 2.98. The van der Waals surface area contributed by atoms with Crippen LogP contribution in [-0.2, 0) is 19.1 Å². The Morgan fingerprint density at radius 1 is 0.944 bits per heavy atom. The molecule has 5 aliphatic rings. The van der Waals surface area contributed by atoms with Crippen molar-refractivity contribution in [3.8, 4) is 0 Å². The van der Waals surface area contributed by atoms with Gasteiger partial charge in [-0.05, 0) is 54.0 Å². The van der Waals surface area contributed by atoms with Crippen LogP contribution < -0.4 is 0 Å². The average molecular weight is 499 g/mol. The van der Waals surface area contributed by atoms with Crippen LogP contribution in [0.3, 0.4) is 0 Å². The van der Waals surface area contributed by atoms with Crippen LogP contribution in [0.15, 0.2) is 59.1 Å². The standard InChI is InChI=1S/C28H34O8/c1-7-9-11-13-15(29)17-19-23(3)22(32)18(16(30)14-12-10-8-2)20-24(4,21(17)31)28(34)25(19,5)35-27(23,33)26(20,6)36-28/h7-11,13,19-20,29,32-34H,12,14H2,1-6H3/b9-7+,10-8+,13-11+,17-15+/t19?,20?,23?,24-,25-,26-,27+,28+/m0/s1. The summed E-state index contributed by atoms with van der Waals surface area (Å²) in [6.07, 6.45) is 10.5. The van der Waals surface area contributed by atoms with E-state index in [4.69, 9.17) is 9.47 Å². The van der Waals surface area contributed by atoms with Crippen LogP contribution in [0.25, 0.3) is 0 Å². The number of ketones is 2. The van der Waals surface area contributed by atoms with Crippen LogP contribution in [0, 0.1) is 22.7 Å². The predicted molar refractivity (Wildman–Crippen MR) is 129 cm³/mol. The molecule has 8 bridgehead atoms. The lowest BCUT2D eigenvalue weighted by atomic mass is 9.40. The van der Waals surface area contributed by atoms with Gasteiger partial charge >= 0.3 is 0 Å². The Hall–Kier alpha value is -2.52. The number of ether oxygens (including phenoxy) is 2. The van der Waals surface area contributed by atoms with Gasteiger partial charge in [-0.2, -0.15) is 0 Å². The van der Waals surface area contributed by atoms with Gasteiger partial charge in [-0.3, -0.25) is 9.59 Å². The van der Waals surface area contributed by atoms with E-state index in [0.29, 0.717) is 6.42 Å². The van der Waals surface area contributed by atoms with E-state index in [0.717, 1.165) is 0 Å². The first kappa shape index (κ1) is 25.1. The van der Waals surface area contributed by atoms with Gasteiger partial charge in [0.1, 0.15) is 22.7 Å². The predicted octanol–water partition coefficient (Wildman–Crippen LogP) is 3.48. The fourth-order valence-electron chi connectivity index (χ4n) is 8.16. The summed E-state index contributed by atoms with van der Waals surface area (Å²) in [7, 11) is 0. The van der Waals surface area contributed by atoms with Crippen LogP contribution in [0.5, 0.6) is 0 Å². The molecule has 2 heterocycles. The van der Waals surface area contributed by atoms with E-state index in [1.54, 1.807) is 25.2 Å². The molecule has 8 heteroatoms. The molecule has 0 aromatic rings. The van der Waals surface area contributed by atoms with Gasteiger partial charge in [-0.1, -0.05) is 30.4 Å². The Morgan fingerprint density at radius 2 is 1.53 bits per heavy atom. The maximum Gasteiger partial charge on any atom is 0.210 e. The van der Waals surface area contributed by atoms with Gasteiger partial charge in [-0.15, -0.1) is 0 Å². The van der Waals surface area contributed by atoms with Crippen LogP contribution in [0.4, 0.5) is 0 Å². The molecule has 2 aliphatic heterocycles. The second-order valence-electron chi connectivity index (χ2n) is 11.3. The largest absolute Gasteiger partial charge is 0.511 e. The first-order valence-electron chi connectivity index (χ1n) is 12.4. The molecule has 0 radical (unpaired) electrons. The van der Waals surface area contributed by atoms with Crippen molar-refractivity contribution in [1.82, 2.24) is 0 Å². The van der Waals surface area contributed by atoms with Crippen molar-refractivity contribution in [3.05, 3.63) is 59.1 Å². The Labute approximate surface area is 210 Å². The highest BCUT2D eigenvalue weighted by Crippen LogP contribution is 2.84. The van der Waals surface area contributed by atoms with Gasteiger partial charge in [0.25, 0.3) is 0 Å². The first-order valence-corrected chi connectivity index (χ1v) is 12.4. The molecule has 3 unspecified atom stereocenters. The van der Waals surface area contributed by atoms with Gasteiger partial charge in [0.05, 0.1) is 10.8 Å². The normalized spacial score (nSPS) is 50.1. The van der Waals surface area contributed by atoms with Crippen molar-refractivity contribution in [2.75, 3.05) is 0 Å². The number of hydrogen-bond acceptors (Lipinski definition) is 8. The molecule has 8 atom stereocenters. The zero-order valence-electron chi connectivity index (χ0n) is 21.5. The molecule has 0 spiro atoms. The Morgan fingerprint density at radius 3 is 2.11 bits per heavy atom. The fraction of sp³-hybridized carbons (Fsp3) is 0.571. The van der Waals surface area contributed by atoms with Gasteiger partial charge < -0.3 is 29.9 Å². The molecule has 5 rings (SSSR count). The van der Waals surface area contributed by atoms with Crippen molar-refractivity contribution in [2.45, 2.75) is 77.2 Å². The van der Waals surface area contributed by atoms with Crippen LogP contribution in [-0.4, -0.2) is 54.8 Å². The third-order valence-electron chi connectivity index (χ3n) is 9.68. The molecule has 4 N–H and O–H groups in total. The molecule has 0 aromatic heterocycles. The minimum atomic E-state index is -2.24. The summed E-state index contributed by atoms with van der Waals surface area (Å²) in [6, 6.07) is 0. The summed E-state index contributed by atoms with van der Waals surface area (Å²) in [5.74, 6) is -8.64. The molecular weight excluding hydrogens is 464 g/mol. The number of carbonyl (C=O) groups is 2. The highest BCUT2D eigenvalue weighted by atomic mass is 16.8. The van der Waals surface area contributed by atoms with E-state index in [1.807, 2.05) is 19.1 Å². The molecule has 4 fully saturated rings. The third-order valence-corrected chi connectivity index (χ3v) is 9.68. The molecular formula is C28H34O8. The zero-order chi connectivity index (χ0) is 26.7. The summed E-state index contributed by atoms with van der Waals surface area (Å²) in [5.41, 5.74) is -7.18. The molecule has 36 heavy (non-hydrogen) atoms. The van der Waals surface area contributed by atoms with Crippen molar-refractivity contribution in [2.24, 2.45) is 22.7 Å². The van der Waals surface area contributed by atoms with E-state index in [9.17, 15) is 30.0 Å². The summed E-state index contributed by atoms with van der Waals surface area (Å²) in [5, 5.41) is 47.4. The summed E-state index contributed by atoms with van der Waals surface area (Å²) in [6.45, 7) is 9.66. The topological polar surface area (TPSA) is 134 Å². The minimum Gasteiger partial charge on any atom is -0.511 e. The number of carbonyl (C=O) groups excluding carboxylic acids is 2. The lowest BCUT2D eigenvalue weighted by molar-refractivity contribution is -0.451. The van der Waals surface area contributed by atoms with E-state index in [2.05, 4.69) is 0 Å². The zero-order valence-corrected chi connectivity index (χ0v) is 21.5. The van der Waals surface area contributed by atoms with Crippen molar-refractivity contribution in [1.29, 1.82) is 0 Å². The second kappa shape index (κ2) is 7.07. The number of aliphatic hydroxyl groups excluding tert-OH is 2. The molecule has 8 nitrogen and oxygen atoms in total. The fourth-order valence-corrected chi connectivity index (χ4v) is 8.16. The monoisotopic (exact) mass is 498 g/mol. The molecule has 0 aromatic carbocycles. The Kier molecular flexibility index (Phi) is 4.94. The number of aliphatic hydroxyl groups is 4. The summed E-state index contributed by atoms with van der Waals surface area (Å²) < 4.78 is 12.5. The first-order chi connectivity index (χ1) is 16.7. The maximum atomic E-state index is 14.3. The third kappa shape index (κ3) is 2.19. The molecule has 2 saturated carbocycles. The number of Topliss-reactive ketones (excluding diaryl/α,β-unsaturated/α-hetero) is 2. The number of rotatable bonds is 6. The van der Waals surface area contributed by atoms with Gasteiger partial charge in [0.2, 0.25) is 11.6 Å². The smallest absolute Gasteiger partial charge is 0.210 e. The highest BCUT2D eigenvalue weighted by molar-refractivity contribution is 6.08. The van der Waals surface area contributed by atoms with Gasteiger partial charge in [-0.25, -0.2) is 0 Å². The number of allylic oxidation sites excluding steroid dienone is 6. The van der Waals surface area contributed by atoms with Crippen molar-refractivity contribution in [3.63, 3.8) is 0 Å². The Bertz CT molecular complexity index is 1240. The van der Waals surface area contributed by atoms with E-state index < -0.39 is 57.0 Å². The number of hydrogen-bond donors (Lipinski definition) is 4. The lowest BCUT2D eigenvalue weighted by Gasteiger charge is -2.58. The van der Waals surface area contributed by atoms with Crippen LogP contribution in [0.2, 0.25) is 0 Å². The SMILES string of the molecule is C/C=C/C=C/C(O)=C1\C(=O)[C@]2(C)C3C(C(=O)CC/C=C/C)=C(O)C4(C)C1[C@]1(C)O[C@@]4(O)[C@@]3(C)O[C@@]12O. The lowest BCUT2D eigenvalue weighted by Crippen LogP contribution is -2.72. The molecule has 0 amide bonds. The summed E-state index contributed by atoms with van der Waals surface area (Å²) in [4.78, 5) is 28.0. The average Bonchev–Trinajstić information content (AvgIpc) is 3.12.